The van der Waals surface area contributed by atoms with E-state index in [0.717, 1.165) is 17.9 Å². The van der Waals surface area contributed by atoms with Crippen LogP contribution in [-0.4, -0.2) is 12.0 Å². The van der Waals surface area contributed by atoms with Crippen molar-refractivity contribution in [1.29, 1.82) is 0 Å². The van der Waals surface area contributed by atoms with E-state index < -0.39 is 0 Å². The van der Waals surface area contributed by atoms with E-state index in [4.69, 9.17) is 5.73 Å². The molecule has 2 rings (SSSR count). The van der Waals surface area contributed by atoms with Gasteiger partial charge in [-0.25, -0.2) is 0 Å². The molecule has 0 saturated heterocycles. The third-order valence-corrected chi connectivity index (χ3v) is 3.22. The monoisotopic (exact) mass is 255 g/mol. The quantitative estimate of drug-likeness (QED) is 0.913. The Morgan fingerprint density at radius 2 is 1.95 bits per heavy atom. The van der Waals surface area contributed by atoms with Crippen LogP contribution < -0.4 is 10.6 Å². The molecule has 2 aromatic rings. The van der Waals surface area contributed by atoms with Crippen molar-refractivity contribution in [3.8, 4) is 0 Å². The molecule has 0 aliphatic carbocycles. The van der Waals surface area contributed by atoms with Gasteiger partial charge < -0.3 is 10.6 Å². The molecule has 0 atom stereocenters. The molecule has 0 spiro atoms. The van der Waals surface area contributed by atoms with Gasteiger partial charge >= 0.3 is 0 Å². The summed E-state index contributed by atoms with van der Waals surface area (Å²) >= 11 is 0. The highest BCUT2D eigenvalue weighted by molar-refractivity contribution is 5.55. The number of aryl methyl sites for hydroxylation is 2. The van der Waals surface area contributed by atoms with E-state index in [9.17, 15) is 0 Å². The first-order chi connectivity index (χ1) is 9.10. The first kappa shape index (κ1) is 13.6. The van der Waals surface area contributed by atoms with Crippen LogP contribution >= 0.6 is 0 Å². The highest BCUT2D eigenvalue weighted by Crippen LogP contribution is 2.22. The molecule has 3 nitrogen and oxygen atoms in total. The second kappa shape index (κ2) is 5.85. The van der Waals surface area contributed by atoms with E-state index >= 15 is 0 Å². The largest absolute Gasteiger partial charge is 0.368 e. The van der Waals surface area contributed by atoms with E-state index in [1.54, 1.807) is 0 Å². The maximum atomic E-state index is 5.81. The maximum absolute atomic E-state index is 5.81. The number of hydrogen-bond donors (Lipinski definition) is 1. The van der Waals surface area contributed by atoms with Gasteiger partial charge in [0.05, 0.1) is 12.2 Å². The minimum Gasteiger partial charge on any atom is -0.368 e. The van der Waals surface area contributed by atoms with Crippen LogP contribution in [0.5, 0.6) is 0 Å². The molecular formula is C16H21N3. The maximum Gasteiger partial charge on any atom is 0.0600 e. The summed E-state index contributed by atoms with van der Waals surface area (Å²) in [6, 6.07) is 12.5. The van der Waals surface area contributed by atoms with Crippen LogP contribution in [0.1, 0.15) is 22.5 Å². The number of hydrogen-bond acceptors (Lipinski definition) is 3. The number of rotatable bonds is 4. The fraction of sp³-hybridized carbons (Fsp3) is 0.312. The van der Waals surface area contributed by atoms with Crippen molar-refractivity contribution >= 4 is 5.69 Å². The van der Waals surface area contributed by atoms with Gasteiger partial charge in [-0.05, 0) is 43.2 Å². The van der Waals surface area contributed by atoms with Gasteiger partial charge in [-0.3, -0.25) is 4.98 Å². The van der Waals surface area contributed by atoms with Crippen LogP contribution in [0.25, 0.3) is 0 Å². The Balaban J connectivity index is 2.24. The zero-order valence-electron chi connectivity index (χ0n) is 11.9. The molecule has 0 fully saturated rings. The zero-order chi connectivity index (χ0) is 13.8. The summed E-state index contributed by atoms with van der Waals surface area (Å²) in [5.41, 5.74) is 11.5. The Morgan fingerprint density at radius 1 is 1.16 bits per heavy atom. The smallest absolute Gasteiger partial charge is 0.0600 e. The van der Waals surface area contributed by atoms with E-state index in [0.29, 0.717) is 6.54 Å². The lowest BCUT2D eigenvalue weighted by atomic mass is 10.1. The molecule has 0 radical (unpaired) electrons. The molecule has 0 aliphatic rings. The lowest BCUT2D eigenvalue weighted by Gasteiger charge is -2.22. The van der Waals surface area contributed by atoms with Crippen LogP contribution in [-0.2, 0) is 13.1 Å². The fourth-order valence-electron chi connectivity index (χ4n) is 2.22. The van der Waals surface area contributed by atoms with Crippen molar-refractivity contribution in [2.75, 3.05) is 11.9 Å². The number of pyridine rings is 1. The van der Waals surface area contributed by atoms with Crippen molar-refractivity contribution < 1.29 is 0 Å². The van der Waals surface area contributed by atoms with Crippen LogP contribution in [0.15, 0.2) is 36.4 Å². The van der Waals surface area contributed by atoms with Gasteiger partial charge in [-0.2, -0.15) is 0 Å². The van der Waals surface area contributed by atoms with E-state index in [2.05, 4.69) is 48.1 Å². The lowest BCUT2D eigenvalue weighted by molar-refractivity contribution is 0.864. The summed E-state index contributed by atoms with van der Waals surface area (Å²) in [4.78, 5) is 6.75. The average molecular weight is 255 g/mol. The van der Waals surface area contributed by atoms with Crippen molar-refractivity contribution in [2.24, 2.45) is 5.73 Å². The number of anilines is 1. The predicted molar refractivity (Wildman–Crippen MR) is 80.2 cm³/mol. The molecule has 0 amide bonds. The average Bonchev–Trinajstić information content (AvgIpc) is 2.38. The van der Waals surface area contributed by atoms with Crippen LogP contribution in [0.2, 0.25) is 0 Å². The van der Waals surface area contributed by atoms with Gasteiger partial charge in [0.2, 0.25) is 0 Å². The normalized spacial score (nSPS) is 10.5. The Kier molecular flexibility index (Phi) is 4.17. The molecule has 0 saturated carbocycles. The van der Waals surface area contributed by atoms with Gasteiger partial charge in [0.1, 0.15) is 0 Å². The van der Waals surface area contributed by atoms with Crippen molar-refractivity contribution in [2.45, 2.75) is 26.9 Å². The SMILES string of the molecule is Cc1ccc(CN)c(N(C)Cc2cccc(C)n2)c1. The standard InChI is InChI=1S/C16H21N3/c1-12-7-8-14(10-17)16(9-12)19(3)11-15-6-4-5-13(2)18-15/h4-9H,10-11,17H2,1-3H3. The number of benzene rings is 1. The highest BCUT2D eigenvalue weighted by Gasteiger charge is 2.08. The Hall–Kier alpha value is -1.87. The third-order valence-electron chi connectivity index (χ3n) is 3.22. The highest BCUT2D eigenvalue weighted by atomic mass is 15.1. The molecular weight excluding hydrogens is 234 g/mol. The summed E-state index contributed by atoms with van der Waals surface area (Å²) in [6.07, 6.45) is 0. The molecule has 100 valence electrons. The number of nitrogens with two attached hydrogens (primary N) is 1. The molecule has 0 aliphatic heterocycles. The molecule has 0 bridgehead atoms. The summed E-state index contributed by atoms with van der Waals surface area (Å²) in [5.74, 6) is 0. The summed E-state index contributed by atoms with van der Waals surface area (Å²) in [5, 5.41) is 0. The number of nitrogens with zero attached hydrogens (tertiary/aromatic N) is 2. The third kappa shape index (κ3) is 3.32. The first-order valence-corrected chi connectivity index (χ1v) is 6.53. The van der Waals surface area contributed by atoms with Crippen molar-refractivity contribution in [3.05, 3.63) is 58.9 Å². The zero-order valence-corrected chi connectivity index (χ0v) is 11.9. The van der Waals surface area contributed by atoms with Gasteiger partial charge in [-0.1, -0.05) is 18.2 Å². The molecule has 1 aromatic heterocycles. The summed E-state index contributed by atoms with van der Waals surface area (Å²) < 4.78 is 0. The van der Waals surface area contributed by atoms with Crippen LogP contribution in [0, 0.1) is 13.8 Å². The van der Waals surface area contributed by atoms with Crippen molar-refractivity contribution in [1.82, 2.24) is 4.98 Å². The Morgan fingerprint density at radius 3 is 2.63 bits per heavy atom. The van der Waals surface area contributed by atoms with E-state index in [-0.39, 0.29) is 0 Å². The van der Waals surface area contributed by atoms with Crippen LogP contribution in [0.3, 0.4) is 0 Å². The van der Waals surface area contributed by atoms with Gasteiger partial charge in [-0.15, -0.1) is 0 Å². The van der Waals surface area contributed by atoms with E-state index in [1.807, 2.05) is 19.1 Å². The molecule has 19 heavy (non-hydrogen) atoms. The Labute approximate surface area is 115 Å². The fourth-order valence-corrected chi connectivity index (χ4v) is 2.22. The molecule has 1 aromatic carbocycles. The molecule has 2 N–H and O–H groups in total. The molecule has 1 heterocycles. The minimum absolute atomic E-state index is 0.557. The summed E-state index contributed by atoms with van der Waals surface area (Å²) in [6.45, 7) is 5.46. The Bertz CT molecular complexity index is 564. The van der Waals surface area contributed by atoms with Crippen molar-refractivity contribution in [3.63, 3.8) is 0 Å². The van der Waals surface area contributed by atoms with Crippen LogP contribution in [0.4, 0.5) is 5.69 Å². The summed E-state index contributed by atoms with van der Waals surface area (Å²) in [7, 11) is 2.08. The molecule has 0 unspecified atom stereocenters. The topological polar surface area (TPSA) is 42.1 Å². The van der Waals surface area contributed by atoms with Gasteiger partial charge in [0, 0.05) is 25.0 Å². The minimum atomic E-state index is 0.557. The predicted octanol–water partition coefficient (Wildman–Crippen LogP) is 2.79. The first-order valence-electron chi connectivity index (χ1n) is 6.53. The lowest BCUT2D eigenvalue weighted by Crippen LogP contribution is -2.20. The van der Waals surface area contributed by atoms with Gasteiger partial charge in [0.15, 0.2) is 0 Å². The number of aromatic nitrogens is 1. The second-order valence-corrected chi connectivity index (χ2v) is 4.96. The second-order valence-electron chi connectivity index (χ2n) is 4.96. The van der Waals surface area contributed by atoms with E-state index in [1.165, 1.54) is 16.8 Å². The van der Waals surface area contributed by atoms with Gasteiger partial charge in [0.25, 0.3) is 0 Å². The molecule has 3 heteroatoms.